The van der Waals surface area contributed by atoms with Crippen molar-refractivity contribution in [3.05, 3.63) is 34.6 Å². The highest BCUT2D eigenvalue weighted by molar-refractivity contribution is 6.30. The zero-order valence-electron chi connectivity index (χ0n) is 9.00. The molecule has 1 aromatic carbocycles. The van der Waals surface area contributed by atoms with Gasteiger partial charge in [0.15, 0.2) is 0 Å². The molecule has 2 unspecified atom stereocenters. The lowest BCUT2D eigenvalue weighted by Gasteiger charge is -2.18. The summed E-state index contributed by atoms with van der Waals surface area (Å²) in [7, 11) is 0. The summed E-state index contributed by atoms with van der Waals surface area (Å²) in [4.78, 5) is 0. The first-order valence-corrected chi connectivity index (χ1v) is 5.54. The van der Waals surface area contributed by atoms with Crippen LogP contribution in [0.1, 0.15) is 25.8 Å². The monoisotopic (exact) mass is 230 g/mol. The minimum Gasteiger partial charge on any atom is -0.393 e. The van der Waals surface area contributed by atoms with E-state index in [1.54, 1.807) is 13.0 Å². The van der Waals surface area contributed by atoms with Gasteiger partial charge in [0.05, 0.1) is 6.10 Å². The third kappa shape index (κ3) is 3.47. The lowest BCUT2D eigenvalue weighted by atomic mass is 9.92. The maximum absolute atomic E-state index is 13.4. The van der Waals surface area contributed by atoms with Crippen LogP contribution in [0.2, 0.25) is 5.02 Å². The van der Waals surface area contributed by atoms with Crippen LogP contribution in [0.25, 0.3) is 0 Å². The molecular weight excluding hydrogens is 215 g/mol. The number of aliphatic hydroxyl groups is 1. The van der Waals surface area contributed by atoms with Gasteiger partial charge in [0, 0.05) is 5.02 Å². The van der Waals surface area contributed by atoms with Crippen molar-refractivity contribution in [3.63, 3.8) is 0 Å². The maximum Gasteiger partial charge on any atom is 0.126 e. The minimum atomic E-state index is -0.423. The second-order valence-electron chi connectivity index (χ2n) is 3.85. The van der Waals surface area contributed by atoms with Gasteiger partial charge in [-0.3, -0.25) is 0 Å². The summed E-state index contributed by atoms with van der Waals surface area (Å²) < 4.78 is 13.4. The summed E-state index contributed by atoms with van der Waals surface area (Å²) in [5.41, 5.74) is 0.579. The Kier molecular flexibility index (Phi) is 4.55. The molecule has 15 heavy (non-hydrogen) atoms. The molecule has 1 nitrogen and oxygen atoms in total. The van der Waals surface area contributed by atoms with Gasteiger partial charge < -0.3 is 5.11 Å². The summed E-state index contributed by atoms with van der Waals surface area (Å²) >= 11 is 5.79. The molecule has 0 spiro atoms. The summed E-state index contributed by atoms with van der Waals surface area (Å²) in [6.07, 6.45) is 0.929. The van der Waals surface area contributed by atoms with Crippen molar-refractivity contribution < 1.29 is 9.50 Å². The van der Waals surface area contributed by atoms with Crippen molar-refractivity contribution >= 4 is 11.6 Å². The lowest BCUT2D eigenvalue weighted by Crippen LogP contribution is -2.18. The molecule has 84 valence electrons. The van der Waals surface area contributed by atoms with E-state index >= 15 is 0 Å². The molecule has 0 amide bonds. The fourth-order valence-corrected chi connectivity index (χ4v) is 1.83. The van der Waals surface area contributed by atoms with Gasteiger partial charge in [0.25, 0.3) is 0 Å². The largest absolute Gasteiger partial charge is 0.393 e. The van der Waals surface area contributed by atoms with E-state index in [1.165, 1.54) is 12.1 Å². The predicted molar refractivity (Wildman–Crippen MR) is 60.6 cm³/mol. The number of aliphatic hydroxyl groups excluding tert-OH is 1. The van der Waals surface area contributed by atoms with E-state index in [2.05, 4.69) is 0 Å². The topological polar surface area (TPSA) is 20.2 Å². The molecule has 1 aromatic rings. The van der Waals surface area contributed by atoms with Crippen LogP contribution in [0.15, 0.2) is 18.2 Å². The molecule has 3 heteroatoms. The van der Waals surface area contributed by atoms with Gasteiger partial charge in [-0.05, 0) is 43.0 Å². The average molecular weight is 231 g/mol. The number of rotatable bonds is 4. The van der Waals surface area contributed by atoms with Crippen LogP contribution >= 0.6 is 11.6 Å². The fraction of sp³-hybridized carbons (Fsp3) is 0.500. The number of halogens is 2. The Morgan fingerprint density at radius 3 is 2.67 bits per heavy atom. The zero-order chi connectivity index (χ0) is 11.4. The Morgan fingerprint density at radius 1 is 1.47 bits per heavy atom. The van der Waals surface area contributed by atoms with Crippen LogP contribution in [0.3, 0.4) is 0 Å². The standard InChI is InChI=1S/C12H16ClFO/c1-3-9(8(2)15)6-10-7-11(13)4-5-12(10)14/h4-5,7-9,15H,3,6H2,1-2H3. The number of hydrogen-bond acceptors (Lipinski definition) is 1. The van der Waals surface area contributed by atoms with E-state index in [0.717, 1.165) is 6.42 Å². The lowest BCUT2D eigenvalue weighted by molar-refractivity contribution is 0.122. The van der Waals surface area contributed by atoms with Crippen LogP contribution in [0, 0.1) is 11.7 Å². The Balaban J connectivity index is 2.82. The van der Waals surface area contributed by atoms with Crippen molar-refractivity contribution in [2.75, 3.05) is 0 Å². The van der Waals surface area contributed by atoms with Gasteiger partial charge in [-0.25, -0.2) is 4.39 Å². The van der Waals surface area contributed by atoms with Gasteiger partial charge >= 0.3 is 0 Å². The molecule has 0 saturated heterocycles. The molecule has 0 heterocycles. The highest BCUT2D eigenvalue weighted by Crippen LogP contribution is 2.21. The van der Waals surface area contributed by atoms with Crippen molar-refractivity contribution in [1.29, 1.82) is 0 Å². The minimum absolute atomic E-state index is 0.0815. The summed E-state index contributed by atoms with van der Waals surface area (Å²) in [5, 5.41) is 10.0. The van der Waals surface area contributed by atoms with E-state index in [0.29, 0.717) is 17.0 Å². The molecular formula is C12H16ClFO. The first-order chi connectivity index (χ1) is 7.04. The third-order valence-electron chi connectivity index (χ3n) is 2.70. The molecule has 0 aliphatic carbocycles. The van der Waals surface area contributed by atoms with Gasteiger partial charge in [-0.2, -0.15) is 0 Å². The number of hydrogen-bond donors (Lipinski definition) is 1. The second-order valence-corrected chi connectivity index (χ2v) is 4.29. The summed E-state index contributed by atoms with van der Waals surface area (Å²) in [5.74, 6) is -0.170. The molecule has 1 N–H and O–H groups in total. The summed E-state index contributed by atoms with van der Waals surface area (Å²) in [6, 6.07) is 4.53. The fourth-order valence-electron chi connectivity index (χ4n) is 1.64. The third-order valence-corrected chi connectivity index (χ3v) is 2.93. The second kappa shape index (κ2) is 5.47. The Hall–Kier alpha value is -0.600. The molecule has 0 aliphatic heterocycles. The maximum atomic E-state index is 13.4. The van der Waals surface area contributed by atoms with Crippen molar-refractivity contribution in [3.8, 4) is 0 Å². The van der Waals surface area contributed by atoms with Gasteiger partial charge in [0.1, 0.15) is 5.82 Å². The average Bonchev–Trinajstić information content (AvgIpc) is 2.18. The van der Waals surface area contributed by atoms with E-state index in [9.17, 15) is 9.50 Å². The van der Waals surface area contributed by atoms with E-state index in [-0.39, 0.29) is 11.7 Å². The smallest absolute Gasteiger partial charge is 0.126 e. The normalized spacial score (nSPS) is 15.0. The van der Waals surface area contributed by atoms with Gasteiger partial charge in [0.2, 0.25) is 0 Å². The van der Waals surface area contributed by atoms with Crippen LogP contribution in [0.5, 0.6) is 0 Å². The highest BCUT2D eigenvalue weighted by Gasteiger charge is 2.15. The van der Waals surface area contributed by atoms with Crippen LogP contribution in [0.4, 0.5) is 4.39 Å². The van der Waals surface area contributed by atoms with Crippen LogP contribution < -0.4 is 0 Å². The molecule has 2 atom stereocenters. The summed E-state index contributed by atoms with van der Waals surface area (Å²) in [6.45, 7) is 3.72. The predicted octanol–water partition coefficient (Wildman–Crippen LogP) is 3.43. The quantitative estimate of drug-likeness (QED) is 0.840. The highest BCUT2D eigenvalue weighted by atomic mass is 35.5. The first-order valence-electron chi connectivity index (χ1n) is 5.16. The molecule has 0 bridgehead atoms. The SMILES string of the molecule is CCC(Cc1cc(Cl)ccc1F)C(C)O. The molecule has 0 saturated carbocycles. The van der Waals surface area contributed by atoms with E-state index in [4.69, 9.17) is 11.6 Å². The van der Waals surface area contributed by atoms with E-state index < -0.39 is 6.10 Å². The molecule has 1 rings (SSSR count). The van der Waals surface area contributed by atoms with Gasteiger partial charge in [-0.15, -0.1) is 0 Å². The molecule has 0 radical (unpaired) electrons. The van der Waals surface area contributed by atoms with Crippen molar-refractivity contribution in [2.45, 2.75) is 32.8 Å². The molecule has 0 fully saturated rings. The van der Waals surface area contributed by atoms with Crippen molar-refractivity contribution in [1.82, 2.24) is 0 Å². The number of benzene rings is 1. The molecule has 0 aliphatic rings. The Bertz CT molecular complexity index is 325. The Labute approximate surface area is 94.9 Å². The Morgan fingerprint density at radius 2 is 2.13 bits per heavy atom. The first kappa shape index (κ1) is 12.5. The van der Waals surface area contributed by atoms with Crippen LogP contribution in [-0.2, 0) is 6.42 Å². The molecule has 0 aromatic heterocycles. The van der Waals surface area contributed by atoms with E-state index in [1.807, 2.05) is 6.92 Å². The van der Waals surface area contributed by atoms with Crippen molar-refractivity contribution in [2.24, 2.45) is 5.92 Å². The van der Waals surface area contributed by atoms with Gasteiger partial charge in [-0.1, -0.05) is 24.9 Å². The van der Waals surface area contributed by atoms with Crippen LogP contribution in [-0.4, -0.2) is 11.2 Å². The zero-order valence-corrected chi connectivity index (χ0v) is 9.76.